The standard InChI is InChI=1S/C14H17F3N2O3/c15-14(16,17)10-3-1-2-4-12(10)22-8-6-19-13(20)11-9-21-7-5-18-11/h1-4,11,18H,5-9H2,(H,19,20). The normalized spacial score (nSPS) is 18.8. The summed E-state index contributed by atoms with van der Waals surface area (Å²) in [6, 6.07) is 4.54. The van der Waals surface area contributed by atoms with Crippen molar-refractivity contribution in [2.24, 2.45) is 0 Å². The molecular formula is C14H17F3N2O3. The topological polar surface area (TPSA) is 59.6 Å². The minimum Gasteiger partial charge on any atom is -0.491 e. The number of alkyl halides is 3. The highest BCUT2D eigenvalue weighted by molar-refractivity contribution is 5.81. The average Bonchev–Trinajstić information content (AvgIpc) is 2.51. The Balaban J connectivity index is 1.78. The fraction of sp³-hybridized carbons (Fsp3) is 0.500. The lowest BCUT2D eigenvalue weighted by molar-refractivity contribution is -0.139. The van der Waals surface area contributed by atoms with E-state index >= 15 is 0 Å². The van der Waals surface area contributed by atoms with Gasteiger partial charge in [0.2, 0.25) is 5.91 Å². The molecule has 1 aromatic carbocycles. The van der Waals surface area contributed by atoms with Gasteiger partial charge in [-0.3, -0.25) is 4.79 Å². The predicted octanol–water partition coefficient (Wildman–Crippen LogP) is 1.19. The molecule has 1 aliphatic rings. The molecule has 1 fully saturated rings. The zero-order chi connectivity index (χ0) is 16.0. The number of amides is 1. The van der Waals surface area contributed by atoms with Gasteiger partial charge in [-0.1, -0.05) is 12.1 Å². The summed E-state index contributed by atoms with van der Waals surface area (Å²) in [5.41, 5.74) is -0.830. The predicted molar refractivity (Wildman–Crippen MR) is 72.6 cm³/mol. The van der Waals surface area contributed by atoms with Crippen molar-refractivity contribution in [3.05, 3.63) is 29.8 Å². The first kappa shape index (κ1) is 16.6. The van der Waals surface area contributed by atoms with E-state index in [4.69, 9.17) is 9.47 Å². The maximum absolute atomic E-state index is 12.8. The molecule has 0 aliphatic carbocycles. The molecule has 1 amide bonds. The van der Waals surface area contributed by atoms with Crippen molar-refractivity contribution in [1.82, 2.24) is 10.6 Å². The Kier molecular flexibility index (Phi) is 5.62. The van der Waals surface area contributed by atoms with Gasteiger partial charge in [0.15, 0.2) is 0 Å². The highest BCUT2D eigenvalue weighted by atomic mass is 19.4. The van der Waals surface area contributed by atoms with Gasteiger partial charge in [0.05, 0.1) is 25.3 Å². The van der Waals surface area contributed by atoms with Crippen molar-refractivity contribution in [1.29, 1.82) is 0 Å². The van der Waals surface area contributed by atoms with Crippen molar-refractivity contribution in [3.8, 4) is 5.75 Å². The van der Waals surface area contributed by atoms with E-state index in [1.807, 2.05) is 0 Å². The van der Waals surface area contributed by atoms with Gasteiger partial charge in [-0.15, -0.1) is 0 Å². The van der Waals surface area contributed by atoms with Gasteiger partial charge >= 0.3 is 6.18 Å². The number of rotatable bonds is 5. The summed E-state index contributed by atoms with van der Waals surface area (Å²) in [4.78, 5) is 11.7. The van der Waals surface area contributed by atoms with E-state index in [-0.39, 0.29) is 31.4 Å². The van der Waals surface area contributed by atoms with E-state index in [2.05, 4.69) is 10.6 Å². The molecule has 1 aliphatic heterocycles. The van der Waals surface area contributed by atoms with Crippen molar-refractivity contribution >= 4 is 5.91 Å². The summed E-state index contributed by atoms with van der Waals surface area (Å²) in [5.74, 6) is -0.504. The Morgan fingerprint density at radius 3 is 2.86 bits per heavy atom. The number of morpholine rings is 1. The second kappa shape index (κ2) is 7.46. The van der Waals surface area contributed by atoms with Crippen LogP contribution in [0, 0.1) is 0 Å². The monoisotopic (exact) mass is 318 g/mol. The molecule has 0 spiro atoms. The summed E-state index contributed by atoms with van der Waals surface area (Å²) in [7, 11) is 0. The van der Waals surface area contributed by atoms with Crippen LogP contribution in [0.2, 0.25) is 0 Å². The van der Waals surface area contributed by atoms with Crippen molar-refractivity contribution in [2.75, 3.05) is 32.9 Å². The zero-order valence-corrected chi connectivity index (χ0v) is 11.8. The first-order chi connectivity index (χ1) is 10.5. The third-order valence-electron chi connectivity index (χ3n) is 3.09. The summed E-state index contributed by atoms with van der Waals surface area (Å²) in [5, 5.41) is 5.57. The van der Waals surface area contributed by atoms with Crippen LogP contribution in [0.15, 0.2) is 24.3 Å². The number of para-hydroxylation sites is 1. The number of halogens is 3. The minimum atomic E-state index is -4.47. The first-order valence-electron chi connectivity index (χ1n) is 6.86. The fourth-order valence-corrected chi connectivity index (χ4v) is 2.02. The van der Waals surface area contributed by atoms with Crippen molar-refractivity contribution in [2.45, 2.75) is 12.2 Å². The quantitative estimate of drug-likeness (QED) is 0.801. The molecule has 0 bridgehead atoms. The first-order valence-corrected chi connectivity index (χ1v) is 6.86. The molecule has 22 heavy (non-hydrogen) atoms. The molecular weight excluding hydrogens is 301 g/mol. The molecule has 5 nitrogen and oxygen atoms in total. The van der Waals surface area contributed by atoms with Gasteiger partial charge < -0.3 is 20.1 Å². The lowest BCUT2D eigenvalue weighted by Gasteiger charge is -2.23. The van der Waals surface area contributed by atoms with Gasteiger partial charge in [0, 0.05) is 6.54 Å². The van der Waals surface area contributed by atoms with Crippen molar-refractivity contribution < 1.29 is 27.4 Å². The molecule has 1 heterocycles. The molecule has 1 saturated heterocycles. The lowest BCUT2D eigenvalue weighted by atomic mass is 10.2. The summed E-state index contributed by atoms with van der Waals surface area (Å²) in [6.45, 7) is 1.49. The second-order valence-electron chi connectivity index (χ2n) is 4.72. The highest BCUT2D eigenvalue weighted by Gasteiger charge is 2.33. The van der Waals surface area contributed by atoms with Gasteiger partial charge in [0.1, 0.15) is 18.4 Å². The Hall–Kier alpha value is -1.80. The number of benzene rings is 1. The molecule has 1 unspecified atom stereocenters. The fourth-order valence-electron chi connectivity index (χ4n) is 2.02. The second-order valence-corrected chi connectivity index (χ2v) is 4.72. The molecule has 1 atom stereocenters. The van der Waals surface area contributed by atoms with Crippen LogP contribution in [-0.2, 0) is 15.7 Å². The molecule has 2 rings (SSSR count). The Morgan fingerprint density at radius 2 is 2.18 bits per heavy atom. The maximum atomic E-state index is 12.8. The molecule has 0 aromatic heterocycles. The van der Waals surface area contributed by atoms with E-state index < -0.39 is 17.8 Å². The van der Waals surface area contributed by atoms with E-state index in [1.54, 1.807) is 0 Å². The zero-order valence-electron chi connectivity index (χ0n) is 11.8. The van der Waals surface area contributed by atoms with E-state index in [9.17, 15) is 18.0 Å². The number of ether oxygens (including phenoxy) is 2. The van der Waals surface area contributed by atoms with Crippen LogP contribution in [0.3, 0.4) is 0 Å². The summed E-state index contributed by atoms with van der Waals surface area (Å²) < 4.78 is 48.5. The van der Waals surface area contributed by atoms with Crippen LogP contribution in [0.4, 0.5) is 13.2 Å². The highest BCUT2D eigenvalue weighted by Crippen LogP contribution is 2.35. The Bertz CT molecular complexity index is 502. The number of carbonyl (C=O) groups excluding carboxylic acids is 1. The van der Waals surface area contributed by atoms with Crippen LogP contribution in [-0.4, -0.2) is 44.9 Å². The van der Waals surface area contributed by atoms with Gasteiger partial charge in [-0.2, -0.15) is 13.2 Å². The average molecular weight is 318 g/mol. The molecule has 122 valence electrons. The van der Waals surface area contributed by atoms with E-state index in [1.165, 1.54) is 18.2 Å². The van der Waals surface area contributed by atoms with E-state index in [0.717, 1.165) is 6.07 Å². The Labute approximate surface area is 125 Å². The van der Waals surface area contributed by atoms with Gasteiger partial charge in [0.25, 0.3) is 0 Å². The maximum Gasteiger partial charge on any atom is 0.419 e. The van der Waals surface area contributed by atoms with Crippen LogP contribution in [0.25, 0.3) is 0 Å². The van der Waals surface area contributed by atoms with Gasteiger partial charge in [-0.25, -0.2) is 0 Å². The molecule has 8 heteroatoms. The third kappa shape index (κ3) is 4.60. The van der Waals surface area contributed by atoms with Gasteiger partial charge in [-0.05, 0) is 12.1 Å². The molecule has 0 saturated carbocycles. The minimum absolute atomic E-state index is 0.0492. The summed E-state index contributed by atoms with van der Waals surface area (Å²) in [6.07, 6.45) is -4.47. The molecule has 2 N–H and O–H groups in total. The lowest BCUT2D eigenvalue weighted by Crippen LogP contribution is -2.51. The summed E-state index contributed by atoms with van der Waals surface area (Å²) >= 11 is 0. The smallest absolute Gasteiger partial charge is 0.419 e. The van der Waals surface area contributed by atoms with E-state index in [0.29, 0.717) is 13.2 Å². The number of hydrogen-bond acceptors (Lipinski definition) is 4. The van der Waals surface area contributed by atoms with Crippen LogP contribution >= 0.6 is 0 Å². The van der Waals surface area contributed by atoms with Crippen molar-refractivity contribution in [3.63, 3.8) is 0 Å². The largest absolute Gasteiger partial charge is 0.491 e. The number of hydrogen-bond donors (Lipinski definition) is 2. The SMILES string of the molecule is O=C(NCCOc1ccccc1C(F)(F)F)C1COCCN1. The van der Waals surface area contributed by atoms with Crippen LogP contribution in [0.5, 0.6) is 5.75 Å². The Morgan fingerprint density at radius 1 is 1.41 bits per heavy atom. The molecule has 0 radical (unpaired) electrons. The number of nitrogens with one attached hydrogen (secondary N) is 2. The van der Waals surface area contributed by atoms with Crippen LogP contribution < -0.4 is 15.4 Å². The number of carbonyl (C=O) groups is 1. The third-order valence-corrected chi connectivity index (χ3v) is 3.09. The molecule has 1 aromatic rings. The van der Waals surface area contributed by atoms with Crippen LogP contribution in [0.1, 0.15) is 5.56 Å².